The van der Waals surface area contributed by atoms with Crippen LogP contribution >= 0.6 is 0 Å². The van der Waals surface area contributed by atoms with Gasteiger partial charge in [-0.15, -0.1) is 0 Å². The number of nitrogens with one attached hydrogen (secondary N) is 2. The van der Waals surface area contributed by atoms with Crippen molar-refractivity contribution in [1.82, 2.24) is 20.3 Å². The van der Waals surface area contributed by atoms with E-state index in [1.54, 1.807) is 18.6 Å². The SMILES string of the molecule is CC(C)CNC(=O)c1cnc2nc[nH]c2c1. The number of hydrogen-bond donors (Lipinski definition) is 2. The number of aromatic nitrogens is 3. The van der Waals surface area contributed by atoms with Gasteiger partial charge in [-0.2, -0.15) is 0 Å². The Labute approximate surface area is 93.3 Å². The highest BCUT2D eigenvalue weighted by Gasteiger charge is 2.08. The van der Waals surface area contributed by atoms with Gasteiger partial charge in [0.2, 0.25) is 0 Å². The van der Waals surface area contributed by atoms with Crippen molar-refractivity contribution in [1.29, 1.82) is 0 Å². The second kappa shape index (κ2) is 4.30. The smallest absolute Gasteiger partial charge is 0.252 e. The van der Waals surface area contributed by atoms with Crippen molar-refractivity contribution < 1.29 is 4.79 Å². The zero-order valence-corrected chi connectivity index (χ0v) is 9.32. The first kappa shape index (κ1) is 10.6. The lowest BCUT2D eigenvalue weighted by molar-refractivity contribution is 0.0949. The highest BCUT2D eigenvalue weighted by molar-refractivity contribution is 5.96. The summed E-state index contributed by atoms with van der Waals surface area (Å²) in [6.45, 7) is 4.77. The molecule has 0 spiro atoms. The van der Waals surface area contributed by atoms with Crippen LogP contribution in [0.1, 0.15) is 24.2 Å². The summed E-state index contributed by atoms with van der Waals surface area (Å²) >= 11 is 0. The molecule has 0 saturated carbocycles. The first-order valence-corrected chi connectivity index (χ1v) is 5.24. The van der Waals surface area contributed by atoms with Gasteiger partial charge in [-0.25, -0.2) is 9.97 Å². The Kier molecular flexibility index (Phi) is 2.85. The van der Waals surface area contributed by atoms with E-state index in [-0.39, 0.29) is 5.91 Å². The van der Waals surface area contributed by atoms with E-state index in [0.717, 1.165) is 5.52 Å². The standard InChI is InChI=1S/C11H14N4O/c1-7(2)4-13-11(16)8-3-9-10(12-5-8)15-6-14-9/h3,5-7H,4H2,1-2H3,(H,13,16)(H,12,14,15). The van der Waals surface area contributed by atoms with Gasteiger partial charge in [-0.3, -0.25) is 4.79 Å². The topological polar surface area (TPSA) is 70.7 Å². The minimum atomic E-state index is -0.0994. The molecule has 1 amide bonds. The fourth-order valence-electron chi connectivity index (χ4n) is 1.35. The van der Waals surface area contributed by atoms with E-state index < -0.39 is 0 Å². The molecule has 84 valence electrons. The van der Waals surface area contributed by atoms with Gasteiger partial charge in [0, 0.05) is 12.7 Å². The average molecular weight is 218 g/mol. The van der Waals surface area contributed by atoms with Crippen LogP contribution in [0.4, 0.5) is 0 Å². The van der Waals surface area contributed by atoms with Crippen LogP contribution in [0.25, 0.3) is 11.2 Å². The van der Waals surface area contributed by atoms with Crippen molar-refractivity contribution in [3.8, 4) is 0 Å². The van der Waals surface area contributed by atoms with E-state index >= 15 is 0 Å². The quantitative estimate of drug-likeness (QED) is 0.816. The van der Waals surface area contributed by atoms with Gasteiger partial charge in [-0.1, -0.05) is 13.8 Å². The Bertz CT molecular complexity index is 503. The lowest BCUT2D eigenvalue weighted by Crippen LogP contribution is -2.27. The van der Waals surface area contributed by atoms with Crippen LogP contribution in [0, 0.1) is 5.92 Å². The molecule has 5 heteroatoms. The van der Waals surface area contributed by atoms with Crippen LogP contribution in [0.15, 0.2) is 18.6 Å². The zero-order valence-electron chi connectivity index (χ0n) is 9.32. The summed E-state index contributed by atoms with van der Waals surface area (Å²) in [6, 6.07) is 1.75. The van der Waals surface area contributed by atoms with Gasteiger partial charge >= 0.3 is 0 Å². The molecule has 0 aromatic carbocycles. The van der Waals surface area contributed by atoms with Gasteiger partial charge in [-0.05, 0) is 12.0 Å². The van der Waals surface area contributed by atoms with Crippen LogP contribution < -0.4 is 5.32 Å². The molecule has 0 saturated heterocycles. The fourth-order valence-corrected chi connectivity index (χ4v) is 1.35. The molecule has 0 aliphatic heterocycles. The summed E-state index contributed by atoms with van der Waals surface area (Å²) in [4.78, 5) is 22.7. The van der Waals surface area contributed by atoms with Gasteiger partial charge in [0.25, 0.3) is 5.91 Å². The first-order chi connectivity index (χ1) is 7.66. The number of rotatable bonds is 3. The summed E-state index contributed by atoms with van der Waals surface area (Å²) in [5, 5.41) is 2.84. The van der Waals surface area contributed by atoms with Gasteiger partial charge in [0.05, 0.1) is 17.4 Å². The highest BCUT2D eigenvalue weighted by atomic mass is 16.1. The number of carbonyl (C=O) groups excluding carboxylic acids is 1. The predicted molar refractivity (Wildman–Crippen MR) is 61.1 cm³/mol. The summed E-state index contributed by atoms with van der Waals surface area (Å²) in [5.74, 6) is 0.338. The monoisotopic (exact) mass is 218 g/mol. The van der Waals surface area contributed by atoms with Crippen LogP contribution in [0.5, 0.6) is 0 Å². The third-order valence-electron chi connectivity index (χ3n) is 2.21. The number of fused-ring (bicyclic) bond motifs is 1. The lowest BCUT2D eigenvalue weighted by Gasteiger charge is -2.06. The predicted octanol–water partition coefficient (Wildman–Crippen LogP) is 1.34. The second-order valence-corrected chi connectivity index (χ2v) is 4.10. The molecular formula is C11H14N4O. The maximum Gasteiger partial charge on any atom is 0.252 e. The van der Waals surface area contributed by atoms with Crippen molar-refractivity contribution in [2.45, 2.75) is 13.8 Å². The minimum absolute atomic E-state index is 0.0994. The molecule has 0 aliphatic carbocycles. The van der Waals surface area contributed by atoms with E-state index in [9.17, 15) is 4.79 Å². The number of amides is 1. The average Bonchev–Trinajstić information content (AvgIpc) is 2.72. The molecule has 2 aromatic rings. The third-order valence-corrected chi connectivity index (χ3v) is 2.21. The van der Waals surface area contributed by atoms with E-state index in [1.807, 2.05) is 0 Å². The zero-order chi connectivity index (χ0) is 11.5. The Hall–Kier alpha value is -1.91. The normalized spacial score (nSPS) is 10.9. The van der Waals surface area contributed by atoms with Crippen LogP contribution in [-0.2, 0) is 0 Å². The van der Waals surface area contributed by atoms with Crippen molar-refractivity contribution in [3.05, 3.63) is 24.2 Å². The van der Waals surface area contributed by atoms with Crippen LogP contribution in [0.2, 0.25) is 0 Å². The molecule has 2 rings (SSSR count). The third kappa shape index (κ3) is 2.18. The number of pyridine rings is 1. The number of imidazole rings is 1. The summed E-state index contributed by atoms with van der Waals surface area (Å²) in [5.41, 5.74) is 1.95. The molecule has 5 nitrogen and oxygen atoms in total. The second-order valence-electron chi connectivity index (χ2n) is 4.10. The minimum Gasteiger partial charge on any atom is -0.352 e. The summed E-state index contributed by atoms with van der Waals surface area (Å²) < 4.78 is 0. The highest BCUT2D eigenvalue weighted by Crippen LogP contribution is 2.08. The van der Waals surface area contributed by atoms with E-state index in [2.05, 4.69) is 34.1 Å². The molecule has 2 N–H and O–H groups in total. The Morgan fingerprint density at radius 3 is 3.06 bits per heavy atom. The Morgan fingerprint density at radius 1 is 1.50 bits per heavy atom. The van der Waals surface area contributed by atoms with Gasteiger partial charge in [0.1, 0.15) is 0 Å². The fraction of sp³-hybridized carbons (Fsp3) is 0.364. The molecule has 2 aromatic heterocycles. The summed E-state index contributed by atoms with van der Waals surface area (Å²) in [6.07, 6.45) is 3.10. The van der Waals surface area contributed by atoms with E-state index in [0.29, 0.717) is 23.7 Å². The van der Waals surface area contributed by atoms with Gasteiger partial charge < -0.3 is 10.3 Å². The Morgan fingerprint density at radius 2 is 2.31 bits per heavy atom. The number of nitrogens with zero attached hydrogens (tertiary/aromatic N) is 2. The van der Waals surface area contributed by atoms with Crippen molar-refractivity contribution in [3.63, 3.8) is 0 Å². The first-order valence-electron chi connectivity index (χ1n) is 5.24. The number of carbonyl (C=O) groups is 1. The number of aromatic amines is 1. The Balaban J connectivity index is 2.16. The van der Waals surface area contributed by atoms with Crippen molar-refractivity contribution in [2.24, 2.45) is 5.92 Å². The lowest BCUT2D eigenvalue weighted by atomic mass is 10.2. The largest absolute Gasteiger partial charge is 0.352 e. The maximum atomic E-state index is 11.7. The molecule has 0 unspecified atom stereocenters. The summed E-state index contributed by atoms with van der Waals surface area (Å²) in [7, 11) is 0. The van der Waals surface area contributed by atoms with E-state index in [1.165, 1.54) is 0 Å². The molecule has 0 radical (unpaired) electrons. The van der Waals surface area contributed by atoms with Crippen LogP contribution in [0.3, 0.4) is 0 Å². The molecule has 16 heavy (non-hydrogen) atoms. The van der Waals surface area contributed by atoms with Crippen molar-refractivity contribution >= 4 is 17.1 Å². The molecule has 2 heterocycles. The maximum absolute atomic E-state index is 11.7. The number of H-pyrrole nitrogens is 1. The number of hydrogen-bond acceptors (Lipinski definition) is 3. The molecular weight excluding hydrogens is 204 g/mol. The van der Waals surface area contributed by atoms with Crippen molar-refractivity contribution in [2.75, 3.05) is 6.54 Å². The molecule has 0 atom stereocenters. The molecule has 0 aliphatic rings. The molecule has 0 bridgehead atoms. The molecule has 0 fully saturated rings. The van der Waals surface area contributed by atoms with Crippen LogP contribution in [-0.4, -0.2) is 27.4 Å². The van der Waals surface area contributed by atoms with E-state index in [4.69, 9.17) is 0 Å². The van der Waals surface area contributed by atoms with Gasteiger partial charge in [0.15, 0.2) is 5.65 Å².